The third-order valence-electron chi connectivity index (χ3n) is 12.1. The lowest BCUT2D eigenvalue weighted by Gasteiger charge is -2.45. The van der Waals surface area contributed by atoms with Crippen LogP contribution in [0.15, 0.2) is 132 Å². The summed E-state index contributed by atoms with van der Waals surface area (Å²) in [5.41, 5.74) is 7.07. The molecule has 240 valence electrons. The first-order chi connectivity index (χ1) is 23.6. The molecule has 2 heterocycles. The summed E-state index contributed by atoms with van der Waals surface area (Å²) in [4.78, 5) is 2.87. The highest BCUT2D eigenvalue weighted by atomic mass is 28.3. The number of hydrogen-bond donors (Lipinski definition) is 0. The summed E-state index contributed by atoms with van der Waals surface area (Å²) in [5.74, 6) is 2.11. The fourth-order valence-corrected chi connectivity index (χ4v) is 15.5. The first-order valence-electron chi connectivity index (χ1n) is 18.2. The van der Waals surface area contributed by atoms with E-state index in [-0.39, 0.29) is 6.04 Å². The molecule has 1 aromatic heterocycles. The molecule has 3 aromatic carbocycles. The minimum atomic E-state index is -2.72. The van der Waals surface area contributed by atoms with Crippen LogP contribution in [-0.4, -0.2) is 20.2 Å². The fourth-order valence-electron chi connectivity index (χ4n) is 9.98. The van der Waals surface area contributed by atoms with Gasteiger partial charge < -0.3 is 9.32 Å². The van der Waals surface area contributed by atoms with Crippen molar-refractivity contribution in [2.24, 2.45) is 5.92 Å². The molecule has 0 saturated heterocycles. The van der Waals surface area contributed by atoms with Gasteiger partial charge in [-0.1, -0.05) is 140 Å². The monoisotopic (exact) mass is 643 g/mol. The molecule has 5 atom stereocenters. The van der Waals surface area contributed by atoms with Gasteiger partial charge in [0.1, 0.15) is 11.2 Å². The highest BCUT2D eigenvalue weighted by Gasteiger charge is 2.52. The highest BCUT2D eigenvalue weighted by Crippen LogP contribution is 2.51. The molecular weight excluding hydrogens is 599 g/mol. The van der Waals surface area contributed by atoms with E-state index in [1.807, 2.05) is 0 Å². The summed E-state index contributed by atoms with van der Waals surface area (Å²) in [6, 6.07) is 33.1. The van der Waals surface area contributed by atoms with Crippen molar-refractivity contribution in [1.29, 1.82) is 0 Å². The minimum Gasteiger partial charge on any atom is -0.457 e. The van der Waals surface area contributed by atoms with Gasteiger partial charge in [-0.15, -0.1) is 0 Å². The summed E-state index contributed by atoms with van der Waals surface area (Å²) >= 11 is 0. The van der Waals surface area contributed by atoms with E-state index >= 15 is 0 Å². The lowest BCUT2D eigenvalue weighted by Crippen LogP contribution is -2.63. The first kappa shape index (κ1) is 29.8. The normalized spacial score (nSPS) is 25.6. The van der Waals surface area contributed by atoms with Crippen LogP contribution in [-0.2, 0) is 6.42 Å². The standard InChI is InChI=1S/C45H45NOSi/c1-31(2)32-26-27-43-39(28-32)40-29-33(46-41-24-14-12-22-37(41)38-23-13-15-25-42(38)46)30-44(45(40)47-43)48(34-16-6-3-7-17-34,35-18-8-4-9-19-35)36-20-10-5-11-21-36/h3-12,14,16-20,22,24,27-28,30,32-33,36,38,42H,1,13,15,21,23,25-26,29H2,2H3. The molecule has 4 aromatic rings. The molecule has 4 aliphatic carbocycles. The van der Waals surface area contributed by atoms with Gasteiger partial charge in [0.05, 0.1) is 6.04 Å². The Morgan fingerprint density at radius 1 is 0.833 bits per heavy atom. The summed E-state index contributed by atoms with van der Waals surface area (Å²) in [6.07, 6.45) is 25.1. The van der Waals surface area contributed by atoms with Crippen molar-refractivity contribution in [1.82, 2.24) is 0 Å². The zero-order valence-electron chi connectivity index (χ0n) is 28.0. The maximum atomic E-state index is 7.19. The predicted molar refractivity (Wildman–Crippen MR) is 204 cm³/mol. The van der Waals surface area contributed by atoms with Gasteiger partial charge in [0.15, 0.2) is 8.07 Å². The Balaban J connectivity index is 1.35. The Hall–Kier alpha value is -4.34. The number of fused-ring (bicyclic) bond motifs is 6. The Bertz CT molecular complexity index is 2040. The third kappa shape index (κ3) is 4.58. The van der Waals surface area contributed by atoms with Gasteiger partial charge in [-0.05, 0) is 71.4 Å². The van der Waals surface area contributed by atoms with E-state index in [4.69, 9.17) is 4.42 Å². The lowest BCUT2D eigenvalue weighted by atomic mass is 9.82. The minimum absolute atomic E-state index is 0.254. The molecule has 0 spiro atoms. The molecule has 2 nitrogen and oxygen atoms in total. The van der Waals surface area contributed by atoms with E-state index in [1.54, 1.807) is 5.56 Å². The second kappa shape index (κ2) is 12.0. The van der Waals surface area contributed by atoms with Crippen molar-refractivity contribution in [3.63, 3.8) is 0 Å². The summed E-state index contributed by atoms with van der Waals surface area (Å²) in [7, 11) is -2.72. The van der Waals surface area contributed by atoms with Crippen molar-refractivity contribution in [2.45, 2.75) is 75.4 Å². The van der Waals surface area contributed by atoms with Crippen LogP contribution in [0, 0.1) is 5.92 Å². The van der Waals surface area contributed by atoms with Crippen LogP contribution in [0.3, 0.4) is 0 Å². The van der Waals surface area contributed by atoms with E-state index < -0.39 is 8.07 Å². The Labute approximate surface area is 286 Å². The lowest BCUT2D eigenvalue weighted by molar-refractivity contribution is 0.375. The Morgan fingerprint density at radius 2 is 1.56 bits per heavy atom. The average molecular weight is 644 g/mol. The molecule has 3 heteroatoms. The zero-order valence-corrected chi connectivity index (χ0v) is 29.0. The quantitative estimate of drug-likeness (QED) is 0.157. The fraction of sp³-hybridized carbons (Fsp3) is 0.289. The van der Waals surface area contributed by atoms with Crippen LogP contribution in [0.2, 0.25) is 5.54 Å². The van der Waals surface area contributed by atoms with Crippen molar-refractivity contribution in [3.8, 4) is 0 Å². The number of allylic oxidation sites excluding steroid dienone is 5. The number of hydrogen-bond acceptors (Lipinski definition) is 2. The molecule has 0 bridgehead atoms. The van der Waals surface area contributed by atoms with Crippen molar-refractivity contribution < 1.29 is 4.42 Å². The van der Waals surface area contributed by atoms with Crippen LogP contribution in [0.5, 0.6) is 0 Å². The van der Waals surface area contributed by atoms with Crippen molar-refractivity contribution in [3.05, 3.63) is 155 Å². The van der Waals surface area contributed by atoms with Gasteiger partial charge in [-0.2, -0.15) is 0 Å². The zero-order chi connectivity index (χ0) is 32.2. The number of anilines is 1. The molecule has 9 rings (SSSR count). The highest BCUT2D eigenvalue weighted by molar-refractivity contribution is 7.16. The first-order valence-corrected chi connectivity index (χ1v) is 20.3. The van der Waals surface area contributed by atoms with Crippen LogP contribution < -0.4 is 25.9 Å². The molecule has 48 heavy (non-hydrogen) atoms. The van der Waals surface area contributed by atoms with Gasteiger partial charge >= 0.3 is 0 Å². The van der Waals surface area contributed by atoms with E-state index in [2.05, 4.69) is 146 Å². The van der Waals surface area contributed by atoms with E-state index in [1.165, 1.54) is 63.3 Å². The summed E-state index contributed by atoms with van der Waals surface area (Å²) < 4.78 is 7.19. The Morgan fingerprint density at radius 3 is 2.29 bits per heavy atom. The molecule has 0 radical (unpaired) electrons. The van der Waals surface area contributed by atoms with Gasteiger partial charge in [0.2, 0.25) is 0 Å². The molecule has 0 N–H and O–H groups in total. The van der Waals surface area contributed by atoms with Gasteiger partial charge in [0.25, 0.3) is 0 Å². The summed E-state index contributed by atoms with van der Waals surface area (Å²) in [5, 5.41) is 5.68. The van der Waals surface area contributed by atoms with Gasteiger partial charge in [-0.3, -0.25) is 0 Å². The Kier molecular flexibility index (Phi) is 7.42. The third-order valence-corrected chi connectivity index (χ3v) is 17.4. The SMILES string of the molecule is C=C(C)C1C=c2c3c(oc2=CC1)C([Si](c1ccccc1)(c1ccccc1)C1C=CC=CC1)=CC(N1c2ccccc2C2CCCCC21)C3. The number of benzene rings is 3. The maximum absolute atomic E-state index is 7.19. The number of furan rings is 1. The molecule has 1 fully saturated rings. The van der Waals surface area contributed by atoms with Crippen LogP contribution >= 0.6 is 0 Å². The molecule has 1 saturated carbocycles. The number of nitrogens with zero attached hydrogens (tertiary/aromatic N) is 1. The second-order valence-corrected chi connectivity index (χ2v) is 18.8. The molecule has 0 amide bonds. The molecule has 5 unspecified atom stereocenters. The van der Waals surface area contributed by atoms with E-state index in [9.17, 15) is 0 Å². The summed E-state index contributed by atoms with van der Waals surface area (Å²) in [6.45, 7) is 6.56. The largest absolute Gasteiger partial charge is 0.457 e. The van der Waals surface area contributed by atoms with Crippen LogP contribution in [0.1, 0.15) is 68.3 Å². The van der Waals surface area contributed by atoms with Crippen LogP contribution in [0.4, 0.5) is 5.69 Å². The number of rotatable bonds is 6. The molecule has 1 aliphatic heterocycles. The topological polar surface area (TPSA) is 16.4 Å². The van der Waals surface area contributed by atoms with Crippen molar-refractivity contribution >= 4 is 41.5 Å². The van der Waals surface area contributed by atoms with Gasteiger partial charge in [0, 0.05) is 40.8 Å². The van der Waals surface area contributed by atoms with Crippen molar-refractivity contribution in [2.75, 3.05) is 4.90 Å². The number of para-hydroxylation sites is 1. The smallest absolute Gasteiger partial charge is 0.159 e. The van der Waals surface area contributed by atoms with Gasteiger partial charge in [-0.25, -0.2) is 0 Å². The predicted octanol–water partition coefficient (Wildman–Crippen LogP) is 7.98. The van der Waals surface area contributed by atoms with Crippen LogP contribution in [0.25, 0.3) is 17.3 Å². The molecule has 5 aliphatic rings. The van der Waals surface area contributed by atoms with E-state index in [0.29, 0.717) is 23.4 Å². The second-order valence-electron chi connectivity index (χ2n) is 14.7. The van der Waals surface area contributed by atoms with E-state index in [0.717, 1.165) is 30.4 Å². The molecular formula is C45H45NOSi. The average Bonchev–Trinajstić information content (AvgIpc) is 3.69. The maximum Gasteiger partial charge on any atom is 0.159 e.